The van der Waals surface area contributed by atoms with Crippen molar-refractivity contribution in [3.63, 3.8) is 0 Å². The first-order valence-electron chi connectivity index (χ1n) is 4.61. The Morgan fingerprint density at radius 3 is 2.94 bits per heavy atom. The fraction of sp³-hybridized carbons (Fsp3) is 0.556. The van der Waals surface area contributed by atoms with E-state index in [1.165, 1.54) is 6.92 Å². The van der Waals surface area contributed by atoms with E-state index in [-0.39, 0.29) is 11.3 Å². The van der Waals surface area contributed by atoms with Crippen LogP contribution >= 0.6 is 35.0 Å². The second-order valence-corrected chi connectivity index (χ2v) is 5.96. The minimum Gasteiger partial charge on any atom is -0.425 e. The van der Waals surface area contributed by atoms with Gasteiger partial charge in [0.1, 0.15) is 0 Å². The number of esters is 1. The summed E-state index contributed by atoms with van der Waals surface area (Å²) in [5.41, 5.74) is 0.514. The van der Waals surface area contributed by atoms with Crippen molar-refractivity contribution in [2.75, 3.05) is 5.75 Å². The Bertz CT molecular complexity index is 383. The van der Waals surface area contributed by atoms with Crippen molar-refractivity contribution < 1.29 is 14.3 Å². The second-order valence-electron chi connectivity index (χ2n) is 3.54. The van der Waals surface area contributed by atoms with Crippen LogP contribution in [-0.4, -0.2) is 32.4 Å². The number of β-lactam (4-membered cyclic amide) rings is 1. The normalized spacial score (nSPS) is 24.4. The van der Waals surface area contributed by atoms with Gasteiger partial charge in [-0.15, -0.1) is 11.8 Å². The second kappa shape index (κ2) is 4.13. The Hall–Kier alpha value is -0.390. The molecule has 0 bridgehead atoms. The van der Waals surface area contributed by atoms with Gasteiger partial charge in [0.2, 0.25) is 5.91 Å². The lowest BCUT2D eigenvalue weighted by molar-refractivity contribution is -0.143. The number of carbonyl (C=O) groups excluding carboxylic acids is 2. The minimum atomic E-state index is -1.68. The number of carbonyl (C=O) groups is 2. The van der Waals surface area contributed by atoms with Gasteiger partial charge >= 0.3 is 5.97 Å². The fourth-order valence-electron chi connectivity index (χ4n) is 1.49. The molecule has 16 heavy (non-hydrogen) atoms. The fourth-order valence-corrected chi connectivity index (χ4v) is 3.35. The van der Waals surface area contributed by atoms with E-state index in [9.17, 15) is 9.59 Å². The zero-order valence-corrected chi connectivity index (χ0v) is 10.7. The number of hydrogen-bond acceptors (Lipinski definition) is 4. The standard InChI is InChI=1S/C9H9Cl2NO3S/c1-5(13)15-9(10,11)6-3-12-7(14)2-8(12)16-4-6/h3,8H,2,4H2,1H3/t8-/m1/s1. The van der Waals surface area contributed by atoms with Gasteiger partial charge in [-0.05, 0) is 0 Å². The average Bonchev–Trinajstić information content (AvgIpc) is 2.14. The summed E-state index contributed by atoms with van der Waals surface area (Å²) in [7, 11) is 0. The smallest absolute Gasteiger partial charge is 0.305 e. The molecule has 1 saturated heterocycles. The van der Waals surface area contributed by atoms with E-state index < -0.39 is 10.5 Å². The van der Waals surface area contributed by atoms with Crippen molar-refractivity contribution in [2.24, 2.45) is 0 Å². The van der Waals surface area contributed by atoms with Crippen molar-refractivity contribution in [3.8, 4) is 0 Å². The summed E-state index contributed by atoms with van der Waals surface area (Å²) in [5, 5.41) is 0.178. The van der Waals surface area contributed by atoms with Crippen LogP contribution in [0.5, 0.6) is 0 Å². The van der Waals surface area contributed by atoms with E-state index >= 15 is 0 Å². The third-order valence-corrected chi connectivity index (χ3v) is 4.22. The third-order valence-electron chi connectivity index (χ3n) is 2.32. The van der Waals surface area contributed by atoms with Gasteiger partial charge in [0.25, 0.3) is 4.52 Å². The Labute approximate surface area is 107 Å². The molecule has 88 valence electrons. The summed E-state index contributed by atoms with van der Waals surface area (Å²) < 4.78 is 3.11. The summed E-state index contributed by atoms with van der Waals surface area (Å²) in [5.74, 6) is 0.0176. The van der Waals surface area contributed by atoms with Crippen LogP contribution in [0.25, 0.3) is 0 Å². The molecule has 2 heterocycles. The summed E-state index contributed by atoms with van der Waals surface area (Å²) in [6.07, 6.45) is 2.12. The van der Waals surface area contributed by atoms with Crippen LogP contribution in [0.4, 0.5) is 0 Å². The first-order chi connectivity index (χ1) is 7.40. The SMILES string of the molecule is CC(=O)OC(Cl)(Cl)C1=CN2C(=O)C[C@H]2SC1. The number of hydrogen-bond donors (Lipinski definition) is 0. The van der Waals surface area contributed by atoms with Crippen molar-refractivity contribution in [1.82, 2.24) is 4.90 Å². The zero-order valence-electron chi connectivity index (χ0n) is 8.41. The molecule has 2 aliphatic heterocycles. The van der Waals surface area contributed by atoms with Gasteiger partial charge in [0.05, 0.1) is 11.8 Å². The van der Waals surface area contributed by atoms with E-state index in [4.69, 9.17) is 27.9 Å². The van der Waals surface area contributed by atoms with Gasteiger partial charge in [-0.25, -0.2) is 0 Å². The maximum atomic E-state index is 11.2. The average molecular weight is 282 g/mol. The molecule has 0 saturated carbocycles. The maximum absolute atomic E-state index is 11.2. The van der Waals surface area contributed by atoms with Crippen LogP contribution in [0.15, 0.2) is 11.8 Å². The Balaban J connectivity index is 2.15. The molecule has 1 fully saturated rings. The first kappa shape index (κ1) is 12.1. The highest BCUT2D eigenvalue weighted by molar-refractivity contribution is 8.00. The maximum Gasteiger partial charge on any atom is 0.305 e. The largest absolute Gasteiger partial charge is 0.425 e. The predicted molar refractivity (Wildman–Crippen MR) is 62.0 cm³/mol. The summed E-state index contributed by atoms with van der Waals surface area (Å²) in [6.45, 7) is 1.23. The van der Waals surface area contributed by atoms with E-state index in [1.54, 1.807) is 22.9 Å². The van der Waals surface area contributed by atoms with Gasteiger partial charge in [-0.3, -0.25) is 9.59 Å². The van der Waals surface area contributed by atoms with E-state index in [0.717, 1.165) is 0 Å². The quantitative estimate of drug-likeness (QED) is 0.440. The zero-order chi connectivity index (χ0) is 11.9. The molecule has 0 spiro atoms. The molecule has 2 aliphatic rings. The van der Waals surface area contributed by atoms with Gasteiger partial charge in [0.15, 0.2) is 0 Å². The number of alkyl halides is 2. The van der Waals surface area contributed by atoms with Crippen molar-refractivity contribution >= 4 is 46.8 Å². The summed E-state index contributed by atoms with van der Waals surface area (Å²) in [6, 6.07) is 0. The molecule has 0 aromatic heterocycles. The van der Waals surface area contributed by atoms with Gasteiger partial charge in [-0.1, -0.05) is 23.2 Å². The predicted octanol–water partition coefficient (Wildman–Crippen LogP) is 1.87. The molecular formula is C9H9Cl2NO3S. The van der Waals surface area contributed by atoms with Crippen LogP contribution in [-0.2, 0) is 14.3 Å². The number of nitrogens with zero attached hydrogens (tertiary/aromatic N) is 1. The lowest BCUT2D eigenvalue weighted by Crippen LogP contribution is -2.50. The molecule has 0 aliphatic carbocycles. The summed E-state index contributed by atoms with van der Waals surface area (Å²) in [4.78, 5) is 23.6. The van der Waals surface area contributed by atoms with Crippen molar-refractivity contribution in [2.45, 2.75) is 23.2 Å². The molecule has 2 rings (SSSR count). The Morgan fingerprint density at radius 1 is 1.69 bits per heavy atom. The van der Waals surface area contributed by atoms with Crippen molar-refractivity contribution in [1.29, 1.82) is 0 Å². The van der Waals surface area contributed by atoms with Crippen LogP contribution in [0.3, 0.4) is 0 Å². The van der Waals surface area contributed by atoms with Gasteiger partial charge in [-0.2, -0.15) is 0 Å². The van der Waals surface area contributed by atoms with Crippen LogP contribution in [0, 0.1) is 0 Å². The molecule has 0 unspecified atom stereocenters. The highest BCUT2D eigenvalue weighted by Gasteiger charge is 2.43. The van der Waals surface area contributed by atoms with Gasteiger partial charge < -0.3 is 9.64 Å². The van der Waals surface area contributed by atoms with Crippen LogP contribution in [0.1, 0.15) is 13.3 Å². The Kier molecular flexibility index (Phi) is 3.11. The molecule has 0 aromatic rings. The van der Waals surface area contributed by atoms with Crippen LogP contribution < -0.4 is 0 Å². The summed E-state index contributed by atoms with van der Waals surface area (Å²) >= 11 is 13.4. The number of amides is 1. The number of rotatable bonds is 2. The number of fused-ring (bicyclic) bond motifs is 1. The highest BCUT2D eigenvalue weighted by atomic mass is 35.5. The lowest BCUT2D eigenvalue weighted by atomic mass is 10.2. The van der Waals surface area contributed by atoms with E-state index in [0.29, 0.717) is 17.7 Å². The monoisotopic (exact) mass is 281 g/mol. The molecule has 0 aromatic carbocycles. The topological polar surface area (TPSA) is 46.6 Å². The number of thioether (sulfide) groups is 1. The number of halogens is 2. The third kappa shape index (κ3) is 2.17. The lowest BCUT2D eigenvalue weighted by Gasteiger charge is -2.42. The van der Waals surface area contributed by atoms with Crippen LogP contribution in [0.2, 0.25) is 0 Å². The van der Waals surface area contributed by atoms with Gasteiger partial charge in [0, 0.05) is 24.4 Å². The van der Waals surface area contributed by atoms with E-state index in [1.807, 2.05) is 0 Å². The minimum absolute atomic E-state index is 0.0293. The molecule has 0 radical (unpaired) electrons. The molecule has 4 nitrogen and oxygen atoms in total. The molecule has 1 atom stereocenters. The molecule has 0 N–H and O–H groups in total. The molecular weight excluding hydrogens is 273 g/mol. The highest BCUT2D eigenvalue weighted by Crippen LogP contribution is 2.42. The molecule has 7 heteroatoms. The molecule has 1 amide bonds. The Morgan fingerprint density at radius 2 is 2.38 bits per heavy atom. The van der Waals surface area contributed by atoms with E-state index in [2.05, 4.69) is 0 Å². The number of ether oxygens (including phenoxy) is 1. The van der Waals surface area contributed by atoms with Crippen molar-refractivity contribution in [3.05, 3.63) is 11.8 Å². The first-order valence-corrected chi connectivity index (χ1v) is 6.42.